The van der Waals surface area contributed by atoms with Crippen LogP contribution in [0.1, 0.15) is 32.6 Å². The normalized spacial score (nSPS) is 29.6. The van der Waals surface area contributed by atoms with Gasteiger partial charge >= 0.3 is 0 Å². The van der Waals surface area contributed by atoms with Crippen molar-refractivity contribution in [2.75, 3.05) is 0 Å². The van der Waals surface area contributed by atoms with Gasteiger partial charge in [0, 0.05) is 18.8 Å². The molecule has 0 saturated heterocycles. The monoisotopic (exact) mass is 190 g/mol. The molecule has 1 nitrogen and oxygen atoms in total. The maximum absolute atomic E-state index is 5.97. The number of allylic oxidation sites excluding steroid dienone is 3. The zero-order valence-corrected chi connectivity index (χ0v) is 8.78. The van der Waals surface area contributed by atoms with Crippen molar-refractivity contribution in [1.82, 2.24) is 0 Å². The van der Waals surface area contributed by atoms with Crippen LogP contribution in [-0.4, -0.2) is 6.10 Å². The fourth-order valence-corrected chi connectivity index (χ4v) is 2.15. The first-order valence-electron chi connectivity index (χ1n) is 5.59. The van der Waals surface area contributed by atoms with Crippen molar-refractivity contribution in [3.63, 3.8) is 0 Å². The Kier molecular flexibility index (Phi) is 3.07. The summed E-state index contributed by atoms with van der Waals surface area (Å²) in [6, 6.07) is 0. The van der Waals surface area contributed by atoms with E-state index >= 15 is 0 Å². The molecular weight excluding hydrogens is 172 g/mol. The van der Waals surface area contributed by atoms with Crippen LogP contribution in [0.4, 0.5) is 0 Å². The summed E-state index contributed by atoms with van der Waals surface area (Å²) in [5.74, 6) is 1.78. The summed E-state index contributed by atoms with van der Waals surface area (Å²) >= 11 is 0. The molecule has 2 unspecified atom stereocenters. The predicted octanol–water partition coefficient (Wildman–Crippen LogP) is 3.59. The first-order valence-corrected chi connectivity index (χ1v) is 5.59. The Bertz CT molecular complexity index is 273. The quantitative estimate of drug-likeness (QED) is 0.615. The molecule has 0 aromatic carbocycles. The van der Waals surface area contributed by atoms with Gasteiger partial charge in [0.15, 0.2) is 0 Å². The fourth-order valence-electron chi connectivity index (χ4n) is 2.15. The molecule has 0 amide bonds. The maximum Gasteiger partial charge on any atom is 0.108 e. The van der Waals surface area contributed by atoms with E-state index in [0.29, 0.717) is 12.0 Å². The molecule has 14 heavy (non-hydrogen) atoms. The molecule has 0 aromatic rings. The minimum atomic E-state index is 0.404. The highest BCUT2D eigenvalue weighted by atomic mass is 16.5. The molecule has 1 heteroatoms. The molecule has 0 fully saturated rings. The summed E-state index contributed by atoms with van der Waals surface area (Å²) < 4.78 is 5.97. The summed E-state index contributed by atoms with van der Waals surface area (Å²) in [4.78, 5) is 0. The highest BCUT2D eigenvalue weighted by Crippen LogP contribution is 2.28. The molecule has 0 aliphatic heterocycles. The topological polar surface area (TPSA) is 9.23 Å². The smallest absolute Gasteiger partial charge is 0.108 e. The van der Waals surface area contributed by atoms with Crippen LogP contribution in [0.3, 0.4) is 0 Å². The molecule has 2 atom stereocenters. The van der Waals surface area contributed by atoms with Gasteiger partial charge in [-0.05, 0) is 12.5 Å². The molecule has 2 aliphatic carbocycles. The molecule has 0 aromatic heterocycles. The highest BCUT2D eigenvalue weighted by Gasteiger charge is 2.24. The Labute approximate surface area is 86.2 Å². The van der Waals surface area contributed by atoms with Gasteiger partial charge in [0.25, 0.3) is 0 Å². The van der Waals surface area contributed by atoms with Crippen molar-refractivity contribution in [2.24, 2.45) is 5.92 Å². The largest absolute Gasteiger partial charge is 0.494 e. The molecule has 0 spiro atoms. The van der Waals surface area contributed by atoms with Gasteiger partial charge in [-0.15, -0.1) is 0 Å². The molecule has 0 radical (unpaired) electrons. The molecule has 0 N–H and O–H groups in total. The number of hydrogen-bond acceptors (Lipinski definition) is 1. The predicted molar refractivity (Wildman–Crippen MR) is 58.9 cm³/mol. The second kappa shape index (κ2) is 4.50. The number of hydrogen-bond donors (Lipinski definition) is 0. The molecular formula is C13H18O. The van der Waals surface area contributed by atoms with E-state index in [9.17, 15) is 0 Å². The van der Waals surface area contributed by atoms with Crippen LogP contribution in [0.5, 0.6) is 0 Å². The van der Waals surface area contributed by atoms with Gasteiger partial charge in [-0.2, -0.15) is 0 Å². The maximum atomic E-state index is 5.97. The van der Waals surface area contributed by atoms with Crippen LogP contribution >= 0.6 is 0 Å². The van der Waals surface area contributed by atoms with E-state index < -0.39 is 0 Å². The van der Waals surface area contributed by atoms with Crippen LogP contribution in [0.15, 0.2) is 36.1 Å². The van der Waals surface area contributed by atoms with Gasteiger partial charge < -0.3 is 4.74 Å². The van der Waals surface area contributed by atoms with Crippen molar-refractivity contribution in [3.05, 3.63) is 36.1 Å². The lowest BCUT2D eigenvalue weighted by Gasteiger charge is -2.21. The van der Waals surface area contributed by atoms with Crippen molar-refractivity contribution < 1.29 is 4.74 Å². The zero-order valence-electron chi connectivity index (χ0n) is 8.78. The summed E-state index contributed by atoms with van der Waals surface area (Å²) in [6.45, 7) is 2.24. The van der Waals surface area contributed by atoms with Crippen LogP contribution < -0.4 is 0 Å². The first-order chi connectivity index (χ1) is 6.90. The van der Waals surface area contributed by atoms with E-state index in [2.05, 4.69) is 37.3 Å². The number of ether oxygens (including phenoxy) is 1. The van der Waals surface area contributed by atoms with Gasteiger partial charge in [0.05, 0.1) is 0 Å². The Morgan fingerprint density at radius 2 is 2.36 bits per heavy atom. The van der Waals surface area contributed by atoms with Crippen molar-refractivity contribution in [1.29, 1.82) is 0 Å². The first kappa shape index (κ1) is 9.57. The van der Waals surface area contributed by atoms with E-state index in [-0.39, 0.29) is 0 Å². The minimum absolute atomic E-state index is 0.404. The molecule has 0 saturated carbocycles. The van der Waals surface area contributed by atoms with Gasteiger partial charge in [-0.3, -0.25) is 0 Å². The average Bonchev–Trinajstić information content (AvgIpc) is 2.80. The fraction of sp³-hybridized carbons (Fsp3) is 0.538. The van der Waals surface area contributed by atoms with Crippen LogP contribution in [0.2, 0.25) is 0 Å². The molecule has 2 aliphatic rings. The van der Waals surface area contributed by atoms with Gasteiger partial charge in [0.1, 0.15) is 11.9 Å². The summed E-state index contributed by atoms with van der Waals surface area (Å²) in [5.41, 5.74) is 0. The van der Waals surface area contributed by atoms with E-state index in [0.717, 1.165) is 18.6 Å². The standard InChI is InChI=1S/C13H18O/c1-2-6-11-7-5-10-13(11)14-12-8-3-4-9-12/h3-5,7-8,11,13H,2,6,9-10H2,1H3. The Morgan fingerprint density at radius 3 is 3.07 bits per heavy atom. The van der Waals surface area contributed by atoms with E-state index in [1.165, 1.54) is 12.8 Å². The molecule has 2 rings (SSSR count). The van der Waals surface area contributed by atoms with E-state index in [4.69, 9.17) is 4.74 Å². The highest BCUT2D eigenvalue weighted by molar-refractivity contribution is 5.19. The van der Waals surface area contributed by atoms with Crippen molar-refractivity contribution >= 4 is 0 Å². The van der Waals surface area contributed by atoms with Gasteiger partial charge in [-0.1, -0.05) is 37.6 Å². The second-order valence-electron chi connectivity index (χ2n) is 4.04. The second-order valence-corrected chi connectivity index (χ2v) is 4.04. The number of rotatable bonds is 4. The summed E-state index contributed by atoms with van der Waals surface area (Å²) in [6.07, 6.45) is 15.8. The van der Waals surface area contributed by atoms with Gasteiger partial charge in [0.2, 0.25) is 0 Å². The Balaban J connectivity index is 1.85. The minimum Gasteiger partial charge on any atom is -0.494 e. The molecule has 76 valence electrons. The molecule has 0 bridgehead atoms. The third kappa shape index (κ3) is 2.09. The summed E-state index contributed by atoms with van der Waals surface area (Å²) in [7, 11) is 0. The third-order valence-corrected chi connectivity index (χ3v) is 2.89. The van der Waals surface area contributed by atoms with Crippen molar-refractivity contribution in [3.8, 4) is 0 Å². The zero-order chi connectivity index (χ0) is 9.80. The lowest BCUT2D eigenvalue weighted by atomic mass is 10.0. The van der Waals surface area contributed by atoms with Gasteiger partial charge in [-0.25, -0.2) is 0 Å². The average molecular weight is 190 g/mol. The lowest BCUT2D eigenvalue weighted by molar-refractivity contribution is 0.0861. The SMILES string of the molecule is CCCC1C=CCC1OC1=CC=CC1. The van der Waals surface area contributed by atoms with Crippen LogP contribution in [-0.2, 0) is 4.74 Å². The molecule has 0 heterocycles. The Morgan fingerprint density at radius 1 is 1.43 bits per heavy atom. The Hall–Kier alpha value is -0.980. The van der Waals surface area contributed by atoms with Crippen molar-refractivity contribution in [2.45, 2.75) is 38.7 Å². The summed E-state index contributed by atoms with van der Waals surface area (Å²) in [5, 5.41) is 0. The van der Waals surface area contributed by atoms with Crippen LogP contribution in [0, 0.1) is 5.92 Å². The third-order valence-electron chi connectivity index (χ3n) is 2.89. The van der Waals surface area contributed by atoms with Crippen LogP contribution in [0.25, 0.3) is 0 Å². The lowest BCUT2D eigenvalue weighted by Crippen LogP contribution is -2.17. The van der Waals surface area contributed by atoms with E-state index in [1.54, 1.807) is 0 Å². The van der Waals surface area contributed by atoms with E-state index in [1.807, 2.05) is 0 Å².